The number of halogens is 2. The summed E-state index contributed by atoms with van der Waals surface area (Å²) in [6.07, 6.45) is 0. The van der Waals surface area contributed by atoms with Gasteiger partial charge in [-0.15, -0.1) is 10.2 Å². The van der Waals surface area contributed by atoms with Gasteiger partial charge in [-0.3, -0.25) is 4.79 Å². The maximum Gasteiger partial charge on any atom is 0.256 e. The molecule has 0 bridgehead atoms. The molecule has 2 aromatic carbocycles. The fraction of sp³-hybridized carbons (Fsp3) is 0.105. The minimum absolute atomic E-state index is 0.0379. The van der Waals surface area contributed by atoms with Crippen LogP contribution in [0.1, 0.15) is 10.4 Å². The number of nitrogens with zero attached hydrogens (tertiary/aromatic N) is 2. The highest BCUT2D eigenvalue weighted by Gasteiger charge is 2.11. The first-order valence-corrected chi connectivity index (χ1v) is 8.09. The third-order valence-corrected chi connectivity index (χ3v) is 3.76. The van der Waals surface area contributed by atoms with E-state index in [4.69, 9.17) is 9.47 Å². The third kappa shape index (κ3) is 4.32. The van der Waals surface area contributed by atoms with Gasteiger partial charge in [-0.05, 0) is 42.5 Å². The van der Waals surface area contributed by atoms with Crippen molar-refractivity contribution in [1.82, 2.24) is 10.2 Å². The second kappa shape index (κ2) is 8.30. The molecule has 1 heterocycles. The van der Waals surface area contributed by atoms with E-state index in [0.29, 0.717) is 23.0 Å². The Morgan fingerprint density at radius 2 is 1.64 bits per heavy atom. The van der Waals surface area contributed by atoms with E-state index < -0.39 is 17.5 Å². The first-order valence-electron chi connectivity index (χ1n) is 8.09. The summed E-state index contributed by atoms with van der Waals surface area (Å²) in [5.74, 6) is -1.01. The largest absolute Gasteiger partial charge is 0.497 e. The third-order valence-electron chi connectivity index (χ3n) is 3.76. The number of anilines is 3. The molecule has 28 heavy (non-hydrogen) atoms. The molecule has 7 nitrogen and oxygen atoms in total. The highest BCUT2D eigenvalue weighted by molar-refractivity contribution is 6.03. The molecule has 9 heteroatoms. The number of rotatable bonds is 6. The van der Waals surface area contributed by atoms with Crippen LogP contribution in [-0.2, 0) is 0 Å². The molecule has 0 saturated heterocycles. The van der Waals surface area contributed by atoms with Crippen LogP contribution in [0.4, 0.5) is 26.1 Å². The number of carbonyl (C=O) groups is 1. The van der Waals surface area contributed by atoms with Crippen LogP contribution >= 0.6 is 0 Å². The lowest BCUT2D eigenvalue weighted by atomic mass is 10.2. The van der Waals surface area contributed by atoms with Gasteiger partial charge in [-0.2, -0.15) is 0 Å². The Labute approximate surface area is 159 Å². The number of methoxy groups -OCH3 is 2. The van der Waals surface area contributed by atoms with E-state index in [2.05, 4.69) is 20.8 Å². The van der Waals surface area contributed by atoms with Crippen LogP contribution < -0.4 is 20.1 Å². The summed E-state index contributed by atoms with van der Waals surface area (Å²) >= 11 is 0. The molecule has 2 N–H and O–H groups in total. The highest BCUT2D eigenvalue weighted by Crippen LogP contribution is 2.30. The molecule has 0 aliphatic heterocycles. The van der Waals surface area contributed by atoms with E-state index >= 15 is 0 Å². The quantitative estimate of drug-likeness (QED) is 0.671. The maximum absolute atomic E-state index is 13.2. The summed E-state index contributed by atoms with van der Waals surface area (Å²) in [5, 5.41) is 13.4. The van der Waals surface area contributed by atoms with E-state index in [0.717, 1.165) is 12.1 Å². The molecule has 0 aliphatic carbocycles. The summed E-state index contributed by atoms with van der Waals surface area (Å²) in [4.78, 5) is 12.1. The van der Waals surface area contributed by atoms with Gasteiger partial charge in [0.2, 0.25) is 0 Å². The average Bonchev–Trinajstić information content (AvgIpc) is 2.71. The lowest BCUT2D eigenvalue weighted by molar-refractivity contribution is 0.102. The molecule has 0 aliphatic rings. The van der Waals surface area contributed by atoms with Gasteiger partial charge in [-0.1, -0.05) is 0 Å². The van der Waals surface area contributed by atoms with Gasteiger partial charge in [0.25, 0.3) is 5.91 Å². The second-order valence-corrected chi connectivity index (χ2v) is 5.58. The fourth-order valence-corrected chi connectivity index (χ4v) is 2.34. The standard InChI is InChI=1S/C19H16F2N4O3/c1-27-12-4-6-16(28-2)15(10-12)22-17-7-8-18(25-24-17)23-19(26)11-3-5-13(20)14(21)9-11/h3-10H,1-2H3,(H,22,24)(H,23,25,26). The van der Waals surface area contributed by atoms with Crippen molar-refractivity contribution in [2.45, 2.75) is 0 Å². The zero-order valence-electron chi connectivity index (χ0n) is 15.0. The van der Waals surface area contributed by atoms with Crippen LogP contribution in [-0.4, -0.2) is 30.3 Å². The smallest absolute Gasteiger partial charge is 0.256 e. The number of hydrogen-bond acceptors (Lipinski definition) is 6. The topological polar surface area (TPSA) is 85.4 Å². The van der Waals surface area contributed by atoms with E-state index in [-0.39, 0.29) is 11.4 Å². The van der Waals surface area contributed by atoms with Gasteiger partial charge in [0.1, 0.15) is 11.5 Å². The molecular weight excluding hydrogens is 370 g/mol. The Bertz CT molecular complexity index is 997. The molecule has 3 rings (SSSR count). The number of amides is 1. The Balaban J connectivity index is 1.71. The summed E-state index contributed by atoms with van der Waals surface area (Å²) in [6.45, 7) is 0. The van der Waals surface area contributed by atoms with Gasteiger partial charge < -0.3 is 20.1 Å². The highest BCUT2D eigenvalue weighted by atomic mass is 19.2. The number of nitrogens with one attached hydrogen (secondary N) is 2. The Kier molecular flexibility index (Phi) is 5.64. The van der Waals surface area contributed by atoms with Gasteiger partial charge in [-0.25, -0.2) is 8.78 Å². The monoisotopic (exact) mass is 386 g/mol. The number of carbonyl (C=O) groups excluding carboxylic acids is 1. The van der Waals surface area contributed by atoms with Crippen LogP contribution in [0, 0.1) is 11.6 Å². The minimum atomic E-state index is -1.11. The second-order valence-electron chi connectivity index (χ2n) is 5.58. The lowest BCUT2D eigenvalue weighted by Gasteiger charge is -2.12. The minimum Gasteiger partial charge on any atom is -0.497 e. The molecule has 0 fully saturated rings. The first kappa shape index (κ1) is 19.0. The lowest BCUT2D eigenvalue weighted by Crippen LogP contribution is -2.14. The fourth-order valence-electron chi connectivity index (χ4n) is 2.34. The molecule has 3 aromatic rings. The number of aromatic nitrogens is 2. The van der Waals surface area contributed by atoms with Crippen molar-refractivity contribution < 1.29 is 23.0 Å². The Morgan fingerprint density at radius 3 is 2.29 bits per heavy atom. The predicted molar refractivity (Wildman–Crippen MR) is 99.2 cm³/mol. The number of hydrogen-bond donors (Lipinski definition) is 2. The summed E-state index contributed by atoms with van der Waals surface area (Å²) < 4.78 is 36.7. The number of ether oxygens (including phenoxy) is 2. The van der Waals surface area contributed by atoms with Gasteiger partial charge in [0.15, 0.2) is 23.3 Å². The SMILES string of the molecule is COc1ccc(OC)c(Nc2ccc(NC(=O)c3ccc(F)c(F)c3)nn2)c1. The zero-order chi connectivity index (χ0) is 20.1. The molecule has 1 amide bonds. The number of benzene rings is 2. The van der Waals surface area contributed by atoms with Crippen LogP contribution in [0.25, 0.3) is 0 Å². The molecule has 0 unspecified atom stereocenters. The average molecular weight is 386 g/mol. The van der Waals surface area contributed by atoms with Crippen LogP contribution in [0.5, 0.6) is 11.5 Å². The summed E-state index contributed by atoms with van der Waals surface area (Å²) in [7, 11) is 3.09. The molecule has 0 saturated carbocycles. The molecule has 144 valence electrons. The van der Waals surface area contributed by atoms with Crippen LogP contribution in [0.3, 0.4) is 0 Å². The first-order chi connectivity index (χ1) is 13.5. The van der Waals surface area contributed by atoms with Crippen LogP contribution in [0.15, 0.2) is 48.5 Å². The van der Waals surface area contributed by atoms with Crippen LogP contribution in [0.2, 0.25) is 0 Å². The predicted octanol–water partition coefficient (Wildman–Crippen LogP) is 3.77. The van der Waals surface area contributed by atoms with Crippen molar-refractivity contribution >= 4 is 23.2 Å². The van der Waals surface area contributed by atoms with Crippen molar-refractivity contribution in [1.29, 1.82) is 0 Å². The summed E-state index contributed by atoms with van der Waals surface area (Å²) in [5.41, 5.74) is 0.582. The van der Waals surface area contributed by atoms with Gasteiger partial charge in [0.05, 0.1) is 19.9 Å². The van der Waals surface area contributed by atoms with Crippen molar-refractivity contribution in [2.75, 3.05) is 24.9 Å². The van der Waals surface area contributed by atoms with Crippen molar-refractivity contribution in [3.63, 3.8) is 0 Å². The van der Waals surface area contributed by atoms with Gasteiger partial charge in [0, 0.05) is 11.6 Å². The van der Waals surface area contributed by atoms with E-state index in [1.165, 1.54) is 19.2 Å². The molecule has 0 atom stereocenters. The molecule has 1 aromatic heterocycles. The maximum atomic E-state index is 13.2. The zero-order valence-corrected chi connectivity index (χ0v) is 15.0. The molecule has 0 radical (unpaired) electrons. The van der Waals surface area contributed by atoms with E-state index in [1.807, 2.05) is 0 Å². The Hall–Kier alpha value is -3.75. The van der Waals surface area contributed by atoms with E-state index in [1.54, 1.807) is 31.4 Å². The van der Waals surface area contributed by atoms with Crippen molar-refractivity contribution in [3.05, 3.63) is 65.7 Å². The van der Waals surface area contributed by atoms with Crippen molar-refractivity contribution in [3.8, 4) is 11.5 Å². The van der Waals surface area contributed by atoms with Gasteiger partial charge >= 0.3 is 0 Å². The Morgan fingerprint density at radius 1 is 0.893 bits per heavy atom. The normalized spacial score (nSPS) is 10.3. The summed E-state index contributed by atoms with van der Waals surface area (Å²) in [6, 6.07) is 11.2. The molecule has 0 spiro atoms. The van der Waals surface area contributed by atoms with Crippen molar-refractivity contribution in [2.24, 2.45) is 0 Å². The van der Waals surface area contributed by atoms with E-state index in [9.17, 15) is 13.6 Å². The molecular formula is C19H16F2N4O3.